The SMILES string of the molecule is CCCCOc1cccc(C(=O)N=c2sc3cc(OC)c(OC)cc3n2CCOCC)c1. The molecular formula is C24H30N2O5S. The minimum atomic E-state index is -0.318. The largest absolute Gasteiger partial charge is 0.494 e. The summed E-state index contributed by atoms with van der Waals surface area (Å²) in [6.45, 7) is 6.39. The van der Waals surface area contributed by atoms with Crippen molar-refractivity contribution in [1.29, 1.82) is 0 Å². The van der Waals surface area contributed by atoms with Gasteiger partial charge in [-0.2, -0.15) is 4.99 Å². The number of methoxy groups -OCH3 is 2. The summed E-state index contributed by atoms with van der Waals surface area (Å²) in [5.74, 6) is 1.61. The van der Waals surface area contributed by atoms with Crippen LogP contribution in [0.4, 0.5) is 0 Å². The predicted molar refractivity (Wildman–Crippen MR) is 126 cm³/mol. The normalized spacial score (nSPS) is 11.7. The molecule has 0 aliphatic heterocycles. The summed E-state index contributed by atoms with van der Waals surface area (Å²) in [6.07, 6.45) is 2.02. The van der Waals surface area contributed by atoms with E-state index in [9.17, 15) is 4.79 Å². The molecule has 3 aromatic rings. The van der Waals surface area contributed by atoms with Crippen LogP contribution in [0, 0.1) is 0 Å². The summed E-state index contributed by atoms with van der Waals surface area (Å²) in [5.41, 5.74) is 1.40. The molecule has 1 amide bonds. The minimum absolute atomic E-state index is 0.318. The van der Waals surface area contributed by atoms with Gasteiger partial charge in [0.1, 0.15) is 5.75 Å². The van der Waals surface area contributed by atoms with Crippen molar-refractivity contribution in [3.8, 4) is 17.2 Å². The Kier molecular flexibility index (Phi) is 8.70. The second kappa shape index (κ2) is 11.7. The van der Waals surface area contributed by atoms with E-state index in [-0.39, 0.29) is 5.91 Å². The van der Waals surface area contributed by atoms with Crippen LogP contribution in [-0.4, -0.2) is 44.5 Å². The van der Waals surface area contributed by atoms with Crippen LogP contribution in [0.1, 0.15) is 37.0 Å². The van der Waals surface area contributed by atoms with Crippen LogP contribution in [0.15, 0.2) is 41.4 Å². The lowest BCUT2D eigenvalue weighted by molar-refractivity contribution is 0.0996. The highest BCUT2D eigenvalue weighted by Gasteiger charge is 2.14. The van der Waals surface area contributed by atoms with E-state index < -0.39 is 0 Å². The van der Waals surface area contributed by atoms with Crippen LogP contribution in [0.5, 0.6) is 17.2 Å². The summed E-state index contributed by atoms with van der Waals surface area (Å²) in [4.78, 5) is 18.0. The molecule has 0 spiro atoms. The minimum Gasteiger partial charge on any atom is -0.494 e. The van der Waals surface area contributed by atoms with Crippen molar-refractivity contribution in [1.82, 2.24) is 4.57 Å². The van der Waals surface area contributed by atoms with Crippen molar-refractivity contribution in [3.63, 3.8) is 0 Å². The van der Waals surface area contributed by atoms with Gasteiger partial charge in [-0.1, -0.05) is 30.7 Å². The number of hydrogen-bond acceptors (Lipinski definition) is 6. The summed E-state index contributed by atoms with van der Waals surface area (Å²) >= 11 is 1.43. The first kappa shape index (κ1) is 23.8. The predicted octanol–water partition coefficient (Wildman–Crippen LogP) is 4.68. The van der Waals surface area contributed by atoms with E-state index >= 15 is 0 Å². The third kappa shape index (κ3) is 5.69. The number of hydrogen-bond donors (Lipinski definition) is 0. The lowest BCUT2D eigenvalue weighted by atomic mass is 10.2. The van der Waals surface area contributed by atoms with Crippen LogP contribution in [0.25, 0.3) is 10.2 Å². The number of nitrogens with zero attached hydrogens (tertiary/aromatic N) is 2. The Bertz CT molecular complexity index is 1120. The smallest absolute Gasteiger partial charge is 0.279 e. The van der Waals surface area contributed by atoms with E-state index in [0.717, 1.165) is 23.1 Å². The van der Waals surface area contributed by atoms with Gasteiger partial charge in [-0.3, -0.25) is 4.79 Å². The van der Waals surface area contributed by atoms with E-state index in [2.05, 4.69) is 11.9 Å². The Morgan fingerprint density at radius 1 is 1.06 bits per heavy atom. The Morgan fingerprint density at radius 3 is 2.56 bits per heavy atom. The molecule has 2 aromatic carbocycles. The molecule has 0 unspecified atom stereocenters. The second-order valence-electron chi connectivity index (χ2n) is 7.05. The fourth-order valence-electron chi connectivity index (χ4n) is 3.20. The molecule has 0 saturated carbocycles. The molecule has 0 radical (unpaired) electrons. The molecule has 8 heteroatoms. The van der Waals surface area contributed by atoms with Gasteiger partial charge in [0.05, 0.1) is 37.6 Å². The molecule has 0 aliphatic rings. The lowest BCUT2D eigenvalue weighted by Gasteiger charge is -2.09. The first-order valence-electron chi connectivity index (χ1n) is 10.8. The van der Waals surface area contributed by atoms with Gasteiger partial charge in [0.25, 0.3) is 5.91 Å². The highest BCUT2D eigenvalue weighted by Crippen LogP contribution is 2.33. The second-order valence-corrected chi connectivity index (χ2v) is 8.06. The van der Waals surface area contributed by atoms with Crippen molar-refractivity contribution >= 4 is 27.5 Å². The van der Waals surface area contributed by atoms with Crippen LogP contribution in [0.3, 0.4) is 0 Å². The number of unbranched alkanes of at least 4 members (excludes halogenated alkanes) is 1. The topological polar surface area (TPSA) is 71.3 Å². The first-order chi connectivity index (χ1) is 15.6. The van der Waals surface area contributed by atoms with Crippen LogP contribution in [-0.2, 0) is 11.3 Å². The molecule has 7 nitrogen and oxygen atoms in total. The number of carbonyl (C=O) groups is 1. The number of ether oxygens (including phenoxy) is 4. The average molecular weight is 459 g/mol. The Balaban J connectivity index is 2.01. The Morgan fingerprint density at radius 2 is 1.84 bits per heavy atom. The lowest BCUT2D eigenvalue weighted by Crippen LogP contribution is -2.19. The zero-order chi connectivity index (χ0) is 22.9. The van der Waals surface area contributed by atoms with Gasteiger partial charge in [0.15, 0.2) is 16.3 Å². The molecular weight excluding hydrogens is 428 g/mol. The van der Waals surface area contributed by atoms with Crippen LogP contribution in [0.2, 0.25) is 0 Å². The van der Waals surface area contributed by atoms with Gasteiger partial charge >= 0.3 is 0 Å². The number of aromatic nitrogens is 1. The summed E-state index contributed by atoms with van der Waals surface area (Å²) in [5, 5.41) is 0. The van der Waals surface area contributed by atoms with E-state index in [1.54, 1.807) is 26.4 Å². The van der Waals surface area contributed by atoms with Crippen LogP contribution < -0.4 is 19.0 Å². The van der Waals surface area contributed by atoms with Gasteiger partial charge in [-0.05, 0) is 31.5 Å². The molecule has 0 saturated heterocycles. The van der Waals surface area contributed by atoms with Gasteiger partial charge in [-0.25, -0.2) is 0 Å². The maximum absolute atomic E-state index is 13.0. The average Bonchev–Trinajstić information content (AvgIpc) is 3.14. The number of thiazole rings is 1. The number of amides is 1. The standard InChI is InChI=1S/C24H30N2O5S/c1-5-7-12-31-18-10-8-9-17(14-18)23(27)25-24-26(11-13-30-6-2)19-15-20(28-3)21(29-4)16-22(19)32-24/h8-10,14-16H,5-7,11-13H2,1-4H3. The van der Waals surface area contributed by atoms with E-state index in [4.69, 9.17) is 18.9 Å². The molecule has 32 heavy (non-hydrogen) atoms. The van der Waals surface area contributed by atoms with E-state index in [0.29, 0.717) is 54.0 Å². The maximum atomic E-state index is 13.0. The van der Waals surface area contributed by atoms with E-state index in [1.807, 2.05) is 35.8 Å². The number of rotatable bonds is 11. The Hall–Kier alpha value is -2.84. The summed E-state index contributed by atoms with van der Waals surface area (Å²) < 4.78 is 25.1. The van der Waals surface area contributed by atoms with Crippen molar-refractivity contribution in [3.05, 3.63) is 46.8 Å². The maximum Gasteiger partial charge on any atom is 0.279 e. The molecule has 0 fully saturated rings. The molecule has 0 N–H and O–H groups in total. The van der Waals surface area contributed by atoms with Crippen molar-refractivity contribution < 1.29 is 23.7 Å². The van der Waals surface area contributed by atoms with Crippen molar-refractivity contribution in [2.45, 2.75) is 33.2 Å². The fourth-order valence-corrected chi connectivity index (χ4v) is 4.27. The molecule has 3 rings (SSSR count). The summed E-state index contributed by atoms with van der Waals surface area (Å²) in [6, 6.07) is 11.0. The highest BCUT2D eigenvalue weighted by molar-refractivity contribution is 7.16. The first-order valence-corrected chi connectivity index (χ1v) is 11.6. The van der Waals surface area contributed by atoms with Gasteiger partial charge in [0, 0.05) is 30.8 Å². The quantitative estimate of drug-likeness (QED) is 0.390. The van der Waals surface area contributed by atoms with Crippen molar-refractivity contribution in [2.24, 2.45) is 4.99 Å². The zero-order valence-electron chi connectivity index (χ0n) is 19.1. The van der Waals surface area contributed by atoms with Gasteiger partial charge in [-0.15, -0.1) is 0 Å². The monoisotopic (exact) mass is 458 g/mol. The number of fused-ring (bicyclic) bond motifs is 1. The molecule has 1 heterocycles. The fraction of sp³-hybridized carbons (Fsp3) is 0.417. The Labute approximate surface area is 192 Å². The third-order valence-electron chi connectivity index (χ3n) is 4.90. The summed E-state index contributed by atoms with van der Waals surface area (Å²) in [7, 11) is 3.20. The van der Waals surface area contributed by atoms with Gasteiger partial charge in [0.2, 0.25) is 0 Å². The molecule has 0 bridgehead atoms. The molecule has 0 atom stereocenters. The van der Waals surface area contributed by atoms with E-state index in [1.165, 1.54) is 11.3 Å². The van der Waals surface area contributed by atoms with Gasteiger partial charge < -0.3 is 23.5 Å². The number of benzene rings is 2. The zero-order valence-corrected chi connectivity index (χ0v) is 19.9. The molecule has 1 aromatic heterocycles. The molecule has 0 aliphatic carbocycles. The van der Waals surface area contributed by atoms with Crippen LogP contribution >= 0.6 is 11.3 Å². The third-order valence-corrected chi connectivity index (χ3v) is 5.94. The number of carbonyl (C=O) groups excluding carboxylic acids is 1. The molecule has 172 valence electrons. The van der Waals surface area contributed by atoms with Crippen molar-refractivity contribution in [2.75, 3.05) is 34.0 Å². The highest BCUT2D eigenvalue weighted by atomic mass is 32.1.